The number of rotatable bonds is 5. The Hall–Kier alpha value is -1.86. The molecule has 2 rings (SSSR count). The van der Waals surface area contributed by atoms with E-state index in [4.69, 9.17) is 5.73 Å². The molecule has 0 atom stereocenters. The molecule has 0 aromatic heterocycles. The number of para-hydroxylation sites is 1. The summed E-state index contributed by atoms with van der Waals surface area (Å²) in [5.41, 5.74) is 5.56. The first-order valence-corrected chi connectivity index (χ1v) is 8.02. The number of hydrogen-bond donors (Lipinski definition) is 2. The monoisotopic (exact) mass is 382 g/mol. The first-order chi connectivity index (χ1) is 10.5. The van der Waals surface area contributed by atoms with Crippen LogP contribution >= 0.6 is 27.7 Å². The lowest BCUT2D eigenvalue weighted by molar-refractivity contribution is -0.115. The van der Waals surface area contributed by atoms with Crippen molar-refractivity contribution < 1.29 is 14.0 Å². The minimum absolute atomic E-state index is 0.0575. The maximum atomic E-state index is 13.8. The molecule has 2 aromatic carbocycles. The maximum Gasteiger partial charge on any atom is 0.258 e. The Bertz CT molecular complexity index is 724. The number of benzene rings is 2. The molecule has 0 aliphatic heterocycles. The zero-order valence-electron chi connectivity index (χ0n) is 11.3. The molecule has 2 aromatic rings. The van der Waals surface area contributed by atoms with E-state index in [-0.39, 0.29) is 11.3 Å². The second-order valence-corrected chi connectivity index (χ2v) is 6.26. The molecule has 0 fully saturated rings. The van der Waals surface area contributed by atoms with E-state index in [2.05, 4.69) is 21.2 Å². The molecule has 0 aliphatic carbocycles. The van der Waals surface area contributed by atoms with Gasteiger partial charge < -0.3 is 11.1 Å². The molecule has 0 aliphatic rings. The zero-order chi connectivity index (χ0) is 16.1. The molecule has 0 bridgehead atoms. The predicted molar refractivity (Wildman–Crippen MR) is 88.4 cm³/mol. The van der Waals surface area contributed by atoms with Gasteiger partial charge in [0, 0.05) is 9.37 Å². The lowest BCUT2D eigenvalue weighted by atomic mass is 10.2. The van der Waals surface area contributed by atoms with Crippen molar-refractivity contribution in [3.05, 3.63) is 58.3 Å². The number of carbonyl (C=O) groups excluding carboxylic acids is 2. The van der Waals surface area contributed by atoms with Crippen molar-refractivity contribution in [2.45, 2.75) is 4.90 Å². The van der Waals surface area contributed by atoms with Crippen LogP contribution in [0.3, 0.4) is 0 Å². The molecule has 0 heterocycles. The Morgan fingerprint density at radius 3 is 2.64 bits per heavy atom. The molecule has 0 unspecified atom stereocenters. The zero-order valence-corrected chi connectivity index (χ0v) is 13.7. The van der Waals surface area contributed by atoms with Crippen molar-refractivity contribution in [2.24, 2.45) is 5.73 Å². The first-order valence-electron chi connectivity index (χ1n) is 6.24. The van der Waals surface area contributed by atoms with Gasteiger partial charge in [0.25, 0.3) is 5.91 Å². The van der Waals surface area contributed by atoms with Crippen LogP contribution in [-0.2, 0) is 4.79 Å². The summed E-state index contributed by atoms with van der Waals surface area (Å²) in [6.45, 7) is 0. The lowest BCUT2D eigenvalue weighted by Gasteiger charge is -2.10. The molecule has 0 saturated heterocycles. The van der Waals surface area contributed by atoms with Gasteiger partial charge in [-0.15, -0.1) is 11.8 Å². The van der Waals surface area contributed by atoms with Crippen molar-refractivity contribution in [2.75, 3.05) is 11.1 Å². The molecular weight excluding hydrogens is 371 g/mol. The second-order valence-electron chi connectivity index (χ2n) is 4.33. The Labute approximate surface area is 139 Å². The largest absolute Gasteiger partial charge is 0.369 e. The average Bonchev–Trinajstić information content (AvgIpc) is 2.46. The fourth-order valence-electron chi connectivity index (χ4n) is 1.71. The van der Waals surface area contributed by atoms with Crippen LogP contribution in [0.5, 0.6) is 0 Å². The third-order valence-electron chi connectivity index (χ3n) is 2.68. The number of anilines is 1. The van der Waals surface area contributed by atoms with Crippen LogP contribution in [0.2, 0.25) is 0 Å². The number of halogens is 2. The van der Waals surface area contributed by atoms with E-state index in [1.54, 1.807) is 30.3 Å². The second kappa shape index (κ2) is 7.42. The standard InChI is InChI=1S/C15H12BrFN2O2S/c16-9-5-6-10(11(17)7-9)15(21)19-12-3-1-2-4-13(12)22-8-14(18)20/h1-7H,8H2,(H2,18,20)(H,19,21). The highest BCUT2D eigenvalue weighted by molar-refractivity contribution is 9.10. The molecular formula is C15H12BrFN2O2S. The minimum Gasteiger partial charge on any atom is -0.369 e. The maximum absolute atomic E-state index is 13.8. The van der Waals surface area contributed by atoms with Gasteiger partial charge in [-0.05, 0) is 30.3 Å². The lowest BCUT2D eigenvalue weighted by Crippen LogP contribution is -2.15. The number of carbonyl (C=O) groups is 2. The number of nitrogens with one attached hydrogen (secondary N) is 1. The number of amides is 2. The van der Waals surface area contributed by atoms with Crippen molar-refractivity contribution in [1.29, 1.82) is 0 Å². The Balaban J connectivity index is 2.19. The molecule has 0 saturated carbocycles. The molecule has 7 heteroatoms. The summed E-state index contributed by atoms with van der Waals surface area (Å²) in [5, 5.41) is 2.64. The molecule has 0 spiro atoms. The minimum atomic E-state index is -0.617. The smallest absolute Gasteiger partial charge is 0.258 e. The van der Waals surface area contributed by atoms with Gasteiger partial charge in [0.1, 0.15) is 5.82 Å². The predicted octanol–water partition coefficient (Wildman–Crippen LogP) is 3.42. The van der Waals surface area contributed by atoms with E-state index in [0.29, 0.717) is 15.1 Å². The highest BCUT2D eigenvalue weighted by Crippen LogP contribution is 2.27. The van der Waals surface area contributed by atoms with Crippen molar-refractivity contribution >= 4 is 45.2 Å². The quantitative estimate of drug-likeness (QED) is 0.778. The van der Waals surface area contributed by atoms with Crippen molar-refractivity contribution in [3.63, 3.8) is 0 Å². The van der Waals surface area contributed by atoms with E-state index in [1.165, 1.54) is 23.9 Å². The third-order valence-corrected chi connectivity index (χ3v) is 4.27. The number of hydrogen-bond acceptors (Lipinski definition) is 3. The van der Waals surface area contributed by atoms with Crippen LogP contribution < -0.4 is 11.1 Å². The van der Waals surface area contributed by atoms with Crippen molar-refractivity contribution in [1.82, 2.24) is 0 Å². The van der Waals surface area contributed by atoms with Crippen LogP contribution in [-0.4, -0.2) is 17.6 Å². The summed E-state index contributed by atoms with van der Waals surface area (Å²) >= 11 is 4.35. The van der Waals surface area contributed by atoms with Gasteiger partial charge in [-0.2, -0.15) is 0 Å². The summed E-state index contributed by atoms with van der Waals surface area (Å²) in [6, 6.07) is 11.2. The Morgan fingerprint density at radius 1 is 1.23 bits per heavy atom. The first kappa shape index (κ1) is 16.5. The van der Waals surface area contributed by atoms with Gasteiger partial charge in [0.15, 0.2) is 0 Å². The SMILES string of the molecule is NC(=O)CSc1ccccc1NC(=O)c1ccc(Br)cc1F. The summed E-state index contributed by atoms with van der Waals surface area (Å²) in [4.78, 5) is 23.7. The average molecular weight is 383 g/mol. The van der Waals surface area contributed by atoms with E-state index < -0.39 is 17.6 Å². The molecule has 0 radical (unpaired) electrons. The van der Waals surface area contributed by atoms with Crippen LogP contribution in [0.1, 0.15) is 10.4 Å². The summed E-state index contributed by atoms with van der Waals surface area (Å²) in [7, 11) is 0. The molecule has 3 N–H and O–H groups in total. The highest BCUT2D eigenvalue weighted by atomic mass is 79.9. The van der Waals surface area contributed by atoms with E-state index >= 15 is 0 Å². The number of nitrogens with two attached hydrogens (primary N) is 1. The van der Waals surface area contributed by atoms with E-state index in [9.17, 15) is 14.0 Å². The van der Waals surface area contributed by atoms with Gasteiger partial charge in [-0.3, -0.25) is 9.59 Å². The van der Waals surface area contributed by atoms with Crippen LogP contribution in [0.25, 0.3) is 0 Å². The number of thioether (sulfide) groups is 1. The van der Waals surface area contributed by atoms with Gasteiger partial charge in [-0.25, -0.2) is 4.39 Å². The normalized spacial score (nSPS) is 10.3. The van der Waals surface area contributed by atoms with Crippen LogP contribution in [0.15, 0.2) is 51.8 Å². The molecule has 4 nitrogen and oxygen atoms in total. The molecule has 22 heavy (non-hydrogen) atoms. The summed E-state index contributed by atoms with van der Waals surface area (Å²) < 4.78 is 14.4. The van der Waals surface area contributed by atoms with E-state index in [1.807, 2.05) is 0 Å². The van der Waals surface area contributed by atoms with Gasteiger partial charge in [-0.1, -0.05) is 28.1 Å². The fourth-order valence-corrected chi connectivity index (χ4v) is 2.79. The number of primary amides is 1. The topological polar surface area (TPSA) is 72.2 Å². The fraction of sp³-hybridized carbons (Fsp3) is 0.0667. The van der Waals surface area contributed by atoms with Crippen molar-refractivity contribution in [3.8, 4) is 0 Å². The Morgan fingerprint density at radius 2 is 1.95 bits per heavy atom. The van der Waals surface area contributed by atoms with Gasteiger partial charge in [0.2, 0.25) is 5.91 Å². The molecule has 2 amide bonds. The van der Waals surface area contributed by atoms with E-state index in [0.717, 1.165) is 0 Å². The highest BCUT2D eigenvalue weighted by Gasteiger charge is 2.14. The van der Waals surface area contributed by atoms with Crippen LogP contribution in [0, 0.1) is 5.82 Å². The van der Waals surface area contributed by atoms with Crippen LogP contribution in [0.4, 0.5) is 10.1 Å². The third kappa shape index (κ3) is 4.32. The summed E-state index contributed by atoms with van der Waals surface area (Å²) in [6.07, 6.45) is 0. The summed E-state index contributed by atoms with van der Waals surface area (Å²) in [5.74, 6) is -1.53. The Kier molecular flexibility index (Phi) is 5.57. The molecule has 114 valence electrons. The van der Waals surface area contributed by atoms with Gasteiger partial charge >= 0.3 is 0 Å². The van der Waals surface area contributed by atoms with Gasteiger partial charge in [0.05, 0.1) is 17.0 Å².